The van der Waals surface area contributed by atoms with Crippen LogP contribution in [0.25, 0.3) is 11.0 Å². The van der Waals surface area contributed by atoms with Crippen LogP contribution in [0, 0.1) is 0 Å². The molecule has 5 heteroatoms. The van der Waals surface area contributed by atoms with Gasteiger partial charge in [-0.2, -0.15) is 0 Å². The minimum atomic E-state index is -0.0314. The summed E-state index contributed by atoms with van der Waals surface area (Å²) in [7, 11) is 2.14. The number of benzene rings is 1. The fourth-order valence-electron chi connectivity index (χ4n) is 2.69. The van der Waals surface area contributed by atoms with Crippen molar-refractivity contribution in [2.24, 2.45) is 0 Å². The average molecular weight is 287 g/mol. The summed E-state index contributed by atoms with van der Waals surface area (Å²) in [5.74, 6) is -0.0314. The summed E-state index contributed by atoms with van der Waals surface area (Å²) in [6.45, 7) is 5.93. The molecule has 0 aliphatic carbocycles. The van der Waals surface area contributed by atoms with Crippen LogP contribution in [0.5, 0.6) is 0 Å². The molecule has 1 aromatic carbocycles. The summed E-state index contributed by atoms with van der Waals surface area (Å²) in [5, 5.41) is 3.87. The van der Waals surface area contributed by atoms with Crippen molar-refractivity contribution in [3.05, 3.63) is 36.1 Å². The lowest BCUT2D eigenvalue weighted by atomic mass is 10.1. The first kappa shape index (κ1) is 14.1. The quantitative estimate of drug-likeness (QED) is 0.924. The lowest BCUT2D eigenvalue weighted by Gasteiger charge is -2.32. The number of hydrogen-bond donors (Lipinski definition) is 1. The highest BCUT2D eigenvalue weighted by atomic mass is 16.3. The summed E-state index contributed by atoms with van der Waals surface area (Å²) < 4.78 is 5.33. The average Bonchev–Trinajstić information content (AvgIpc) is 2.97. The third-order valence-electron chi connectivity index (χ3n) is 4.05. The molecule has 1 aromatic heterocycles. The van der Waals surface area contributed by atoms with Gasteiger partial charge < -0.3 is 14.6 Å². The van der Waals surface area contributed by atoms with Crippen LogP contribution >= 0.6 is 0 Å². The molecule has 1 N–H and O–H groups in total. The summed E-state index contributed by atoms with van der Waals surface area (Å²) >= 11 is 0. The molecule has 0 spiro atoms. The minimum Gasteiger partial charge on any atom is -0.464 e. The van der Waals surface area contributed by atoms with Gasteiger partial charge in [0.05, 0.1) is 11.8 Å². The van der Waals surface area contributed by atoms with E-state index in [0.29, 0.717) is 12.1 Å². The minimum absolute atomic E-state index is 0.0314. The molecular weight excluding hydrogens is 266 g/mol. The van der Waals surface area contributed by atoms with Crippen LogP contribution in [-0.4, -0.2) is 62.0 Å². The van der Waals surface area contributed by atoms with E-state index in [1.54, 1.807) is 6.26 Å². The van der Waals surface area contributed by atoms with E-state index in [1.165, 1.54) is 0 Å². The number of carbonyl (C=O) groups is 1. The van der Waals surface area contributed by atoms with E-state index in [1.807, 2.05) is 24.3 Å². The SMILES string of the molecule is CN1CCN(CCNC(=O)c2cccc3occc23)CC1. The molecular formula is C16H21N3O2. The Hall–Kier alpha value is -1.85. The number of likely N-dealkylation sites (N-methyl/N-ethyl adjacent to an activating group) is 1. The Kier molecular flexibility index (Phi) is 4.22. The topological polar surface area (TPSA) is 48.7 Å². The third kappa shape index (κ3) is 3.25. The van der Waals surface area contributed by atoms with Crippen LogP contribution in [0.2, 0.25) is 0 Å². The lowest BCUT2D eigenvalue weighted by Crippen LogP contribution is -2.46. The summed E-state index contributed by atoms with van der Waals surface area (Å²) in [6, 6.07) is 7.39. The first-order valence-electron chi connectivity index (χ1n) is 7.39. The van der Waals surface area contributed by atoms with E-state index in [2.05, 4.69) is 22.2 Å². The fourth-order valence-corrected chi connectivity index (χ4v) is 2.69. The van der Waals surface area contributed by atoms with Crippen LogP contribution < -0.4 is 5.32 Å². The van der Waals surface area contributed by atoms with E-state index in [-0.39, 0.29) is 5.91 Å². The Labute approximate surface area is 124 Å². The number of piperazine rings is 1. The number of nitrogens with zero attached hydrogens (tertiary/aromatic N) is 2. The molecule has 21 heavy (non-hydrogen) atoms. The largest absolute Gasteiger partial charge is 0.464 e. The van der Waals surface area contributed by atoms with Crippen LogP contribution in [0.15, 0.2) is 34.9 Å². The van der Waals surface area contributed by atoms with Gasteiger partial charge in [-0.15, -0.1) is 0 Å². The molecule has 0 atom stereocenters. The highest BCUT2D eigenvalue weighted by molar-refractivity contribution is 6.05. The number of carbonyl (C=O) groups excluding carboxylic acids is 1. The molecule has 2 heterocycles. The van der Waals surface area contributed by atoms with Crippen molar-refractivity contribution in [3.63, 3.8) is 0 Å². The van der Waals surface area contributed by atoms with Gasteiger partial charge in [0.25, 0.3) is 5.91 Å². The first-order chi connectivity index (χ1) is 10.2. The van der Waals surface area contributed by atoms with Gasteiger partial charge in [0.1, 0.15) is 5.58 Å². The molecule has 0 saturated carbocycles. The van der Waals surface area contributed by atoms with E-state index >= 15 is 0 Å². The molecule has 112 valence electrons. The Bertz CT molecular complexity index is 615. The van der Waals surface area contributed by atoms with Gasteiger partial charge in [0, 0.05) is 44.7 Å². The second kappa shape index (κ2) is 6.28. The second-order valence-corrected chi connectivity index (χ2v) is 5.54. The number of fused-ring (bicyclic) bond motifs is 1. The number of furan rings is 1. The van der Waals surface area contributed by atoms with Gasteiger partial charge in [-0.25, -0.2) is 0 Å². The zero-order valence-corrected chi connectivity index (χ0v) is 12.3. The van der Waals surface area contributed by atoms with Crippen molar-refractivity contribution in [1.82, 2.24) is 15.1 Å². The molecule has 0 bridgehead atoms. The molecule has 5 nitrogen and oxygen atoms in total. The zero-order valence-electron chi connectivity index (χ0n) is 12.3. The maximum absolute atomic E-state index is 12.3. The van der Waals surface area contributed by atoms with Crippen LogP contribution in [0.4, 0.5) is 0 Å². The molecule has 1 amide bonds. The van der Waals surface area contributed by atoms with Gasteiger partial charge in [-0.1, -0.05) is 6.07 Å². The number of amides is 1. The highest BCUT2D eigenvalue weighted by Crippen LogP contribution is 2.19. The van der Waals surface area contributed by atoms with E-state index in [4.69, 9.17) is 4.42 Å². The second-order valence-electron chi connectivity index (χ2n) is 5.54. The monoisotopic (exact) mass is 287 g/mol. The van der Waals surface area contributed by atoms with Crippen molar-refractivity contribution in [2.45, 2.75) is 0 Å². The maximum Gasteiger partial charge on any atom is 0.252 e. The molecule has 1 fully saturated rings. The molecule has 1 aliphatic rings. The molecule has 0 radical (unpaired) electrons. The van der Waals surface area contributed by atoms with E-state index < -0.39 is 0 Å². The lowest BCUT2D eigenvalue weighted by molar-refractivity contribution is 0.0942. The Morgan fingerprint density at radius 1 is 1.24 bits per heavy atom. The van der Waals surface area contributed by atoms with Gasteiger partial charge in [0.2, 0.25) is 0 Å². The number of hydrogen-bond acceptors (Lipinski definition) is 4. The molecule has 2 aromatic rings. The van der Waals surface area contributed by atoms with Gasteiger partial charge in [-0.3, -0.25) is 9.69 Å². The van der Waals surface area contributed by atoms with E-state index in [0.717, 1.165) is 43.7 Å². The Balaban J connectivity index is 1.54. The highest BCUT2D eigenvalue weighted by Gasteiger charge is 2.14. The summed E-state index contributed by atoms with van der Waals surface area (Å²) in [4.78, 5) is 17.0. The van der Waals surface area contributed by atoms with Crippen molar-refractivity contribution in [1.29, 1.82) is 0 Å². The summed E-state index contributed by atoms with van der Waals surface area (Å²) in [5.41, 5.74) is 1.43. The fraction of sp³-hybridized carbons (Fsp3) is 0.438. The van der Waals surface area contributed by atoms with Crippen molar-refractivity contribution < 1.29 is 9.21 Å². The number of rotatable bonds is 4. The standard InChI is InChI=1S/C16H21N3O2/c1-18-8-10-19(11-9-18)7-6-17-16(20)14-3-2-4-15-13(14)5-12-21-15/h2-5,12H,6-11H2,1H3,(H,17,20). The van der Waals surface area contributed by atoms with Gasteiger partial charge in [-0.05, 0) is 25.2 Å². The Morgan fingerprint density at radius 3 is 2.86 bits per heavy atom. The van der Waals surface area contributed by atoms with Crippen molar-refractivity contribution in [3.8, 4) is 0 Å². The van der Waals surface area contributed by atoms with Gasteiger partial charge >= 0.3 is 0 Å². The zero-order chi connectivity index (χ0) is 14.7. The smallest absolute Gasteiger partial charge is 0.252 e. The predicted octanol–water partition coefficient (Wildman–Crippen LogP) is 1.41. The van der Waals surface area contributed by atoms with Crippen molar-refractivity contribution in [2.75, 3.05) is 46.3 Å². The van der Waals surface area contributed by atoms with Crippen LogP contribution in [0.3, 0.4) is 0 Å². The van der Waals surface area contributed by atoms with E-state index in [9.17, 15) is 4.79 Å². The van der Waals surface area contributed by atoms with Crippen LogP contribution in [-0.2, 0) is 0 Å². The predicted molar refractivity (Wildman–Crippen MR) is 82.5 cm³/mol. The maximum atomic E-state index is 12.3. The molecule has 1 aliphatic heterocycles. The molecule has 0 unspecified atom stereocenters. The van der Waals surface area contributed by atoms with Gasteiger partial charge in [0.15, 0.2) is 0 Å². The summed E-state index contributed by atoms with van der Waals surface area (Å²) in [6.07, 6.45) is 1.62. The Morgan fingerprint density at radius 2 is 2.05 bits per heavy atom. The van der Waals surface area contributed by atoms with Crippen molar-refractivity contribution >= 4 is 16.9 Å². The first-order valence-corrected chi connectivity index (χ1v) is 7.39. The van der Waals surface area contributed by atoms with Crippen LogP contribution in [0.1, 0.15) is 10.4 Å². The number of nitrogens with one attached hydrogen (secondary N) is 1. The molecule has 3 rings (SSSR count). The normalized spacial score (nSPS) is 17.2. The third-order valence-corrected chi connectivity index (χ3v) is 4.05. The molecule has 1 saturated heterocycles.